The molecule has 0 bridgehead atoms. The fourth-order valence-electron chi connectivity index (χ4n) is 3.60. The molecule has 1 saturated heterocycles. The number of nitrogens with zero attached hydrogens (tertiary/aromatic N) is 1. The summed E-state index contributed by atoms with van der Waals surface area (Å²) in [5.74, 6) is 0.266. The van der Waals surface area contributed by atoms with E-state index >= 15 is 0 Å². The summed E-state index contributed by atoms with van der Waals surface area (Å²) in [6, 6.07) is 15.0. The quantitative estimate of drug-likeness (QED) is 0.537. The monoisotopic (exact) mass is 434 g/mol. The molecule has 7 heteroatoms. The Kier molecular flexibility index (Phi) is 8.35. The Morgan fingerprint density at radius 3 is 2.26 bits per heavy atom. The van der Waals surface area contributed by atoms with E-state index in [1.807, 2.05) is 0 Å². The number of carbonyl (C=O) groups is 1. The molecule has 1 fully saturated rings. The van der Waals surface area contributed by atoms with Crippen molar-refractivity contribution in [2.75, 3.05) is 26.2 Å². The van der Waals surface area contributed by atoms with E-state index in [4.69, 9.17) is 4.74 Å². The van der Waals surface area contributed by atoms with Crippen LogP contribution in [-0.2, 0) is 13.0 Å². The molecule has 0 spiro atoms. The maximum Gasteiger partial charge on any atom is 0.389 e. The summed E-state index contributed by atoms with van der Waals surface area (Å²) in [6.45, 7) is 3.87. The molecule has 0 unspecified atom stereocenters. The average molecular weight is 435 g/mol. The zero-order chi connectivity index (χ0) is 22.1. The number of nitrogens with one attached hydrogen (secondary N) is 1. The zero-order valence-electron chi connectivity index (χ0n) is 17.6. The van der Waals surface area contributed by atoms with Gasteiger partial charge in [-0.05, 0) is 74.2 Å². The lowest BCUT2D eigenvalue weighted by Gasteiger charge is -2.14. The Balaban J connectivity index is 1.36. The normalized spacial score (nSPS) is 14.5. The van der Waals surface area contributed by atoms with Crippen molar-refractivity contribution in [3.63, 3.8) is 0 Å². The number of benzene rings is 2. The number of ether oxygens (including phenoxy) is 1. The molecule has 0 saturated carbocycles. The second kappa shape index (κ2) is 11.2. The predicted molar refractivity (Wildman–Crippen MR) is 114 cm³/mol. The minimum atomic E-state index is -4.17. The van der Waals surface area contributed by atoms with Gasteiger partial charge >= 0.3 is 6.18 Å². The van der Waals surface area contributed by atoms with E-state index in [0.717, 1.165) is 13.0 Å². The van der Waals surface area contributed by atoms with Crippen LogP contribution in [0.2, 0.25) is 0 Å². The van der Waals surface area contributed by atoms with Crippen molar-refractivity contribution in [1.29, 1.82) is 0 Å². The maximum absolute atomic E-state index is 12.3. The number of likely N-dealkylation sites (tertiary alicyclic amines) is 1. The number of hydrogen-bond donors (Lipinski definition) is 1. The molecule has 1 N–H and O–H groups in total. The molecule has 1 amide bonds. The molecule has 4 nitrogen and oxygen atoms in total. The van der Waals surface area contributed by atoms with Crippen molar-refractivity contribution in [2.24, 2.45) is 0 Å². The van der Waals surface area contributed by atoms with Crippen LogP contribution in [-0.4, -0.2) is 43.2 Å². The van der Waals surface area contributed by atoms with Gasteiger partial charge in [-0.1, -0.05) is 24.3 Å². The summed E-state index contributed by atoms with van der Waals surface area (Å²) in [5.41, 5.74) is 2.98. The highest BCUT2D eigenvalue weighted by Crippen LogP contribution is 2.21. The lowest BCUT2D eigenvalue weighted by Crippen LogP contribution is -2.25. The summed E-state index contributed by atoms with van der Waals surface area (Å²) in [5, 5.41) is 2.90. The molecule has 1 aliphatic rings. The minimum absolute atomic E-state index is 0.0120. The smallest absolute Gasteiger partial charge is 0.389 e. The van der Waals surface area contributed by atoms with Crippen LogP contribution in [0.25, 0.3) is 0 Å². The van der Waals surface area contributed by atoms with Gasteiger partial charge in [-0.3, -0.25) is 9.69 Å². The van der Waals surface area contributed by atoms with Gasteiger partial charge in [0.25, 0.3) is 5.91 Å². The van der Waals surface area contributed by atoms with Gasteiger partial charge in [0.15, 0.2) is 0 Å². The van der Waals surface area contributed by atoms with Crippen molar-refractivity contribution in [1.82, 2.24) is 10.2 Å². The third kappa shape index (κ3) is 8.25. The van der Waals surface area contributed by atoms with Crippen molar-refractivity contribution in [3.8, 4) is 5.75 Å². The summed E-state index contributed by atoms with van der Waals surface area (Å²) in [4.78, 5) is 14.7. The van der Waals surface area contributed by atoms with Gasteiger partial charge in [0.2, 0.25) is 0 Å². The van der Waals surface area contributed by atoms with E-state index in [0.29, 0.717) is 17.9 Å². The lowest BCUT2D eigenvalue weighted by atomic mass is 10.1. The highest BCUT2D eigenvalue weighted by Gasteiger charge is 2.26. The highest BCUT2D eigenvalue weighted by atomic mass is 19.4. The number of hydrogen-bond acceptors (Lipinski definition) is 3. The van der Waals surface area contributed by atoms with E-state index in [9.17, 15) is 18.0 Å². The number of rotatable bonds is 10. The fraction of sp³-hybridized carbons (Fsp3) is 0.458. The van der Waals surface area contributed by atoms with E-state index in [-0.39, 0.29) is 18.9 Å². The molecule has 2 aromatic rings. The van der Waals surface area contributed by atoms with E-state index in [1.54, 1.807) is 24.3 Å². The van der Waals surface area contributed by atoms with Gasteiger partial charge in [0.05, 0.1) is 6.61 Å². The van der Waals surface area contributed by atoms with Gasteiger partial charge in [-0.15, -0.1) is 0 Å². The maximum atomic E-state index is 12.3. The molecule has 1 heterocycles. The van der Waals surface area contributed by atoms with Crippen LogP contribution in [0.3, 0.4) is 0 Å². The number of alkyl halides is 3. The summed E-state index contributed by atoms with van der Waals surface area (Å²) < 4.78 is 41.7. The molecular weight excluding hydrogens is 405 g/mol. The van der Waals surface area contributed by atoms with Crippen molar-refractivity contribution in [2.45, 2.75) is 44.8 Å². The average Bonchev–Trinajstić information content (AvgIpc) is 3.25. The van der Waals surface area contributed by atoms with Crippen LogP contribution in [0.1, 0.15) is 47.2 Å². The topological polar surface area (TPSA) is 41.6 Å². The minimum Gasteiger partial charge on any atom is -0.494 e. The third-order valence-electron chi connectivity index (χ3n) is 5.32. The number of halogens is 3. The van der Waals surface area contributed by atoms with Gasteiger partial charge in [-0.2, -0.15) is 13.2 Å². The van der Waals surface area contributed by atoms with Crippen LogP contribution in [0.15, 0.2) is 48.5 Å². The number of carbonyl (C=O) groups excluding carboxylic acids is 1. The molecule has 31 heavy (non-hydrogen) atoms. The fourth-order valence-corrected chi connectivity index (χ4v) is 3.60. The van der Waals surface area contributed by atoms with Crippen molar-refractivity contribution >= 4 is 5.91 Å². The Morgan fingerprint density at radius 1 is 0.968 bits per heavy atom. The molecule has 0 aromatic heterocycles. The molecule has 0 atom stereocenters. The largest absolute Gasteiger partial charge is 0.494 e. The first-order valence-electron chi connectivity index (χ1n) is 10.8. The Morgan fingerprint density at radius 2 is 1.61 bits per heavy atom. The SMILES string of the molecule is O=C(NCCc1ccc(CN2CCCC2)cc1)c1ccc(OCCCC(F)(F)F)cc1. The van der Waals surface area contributed by atoms with Crippen LogP contribution in [0.5, 0.6) is 5.75 Å². The summed E-state index contributed by atoms with van der Waals surface area (Å²) in [7, 11) is 0. The molecule has 3 rings (SSSR count). The Labute approximate surface area is 181 Å². The molecule has 168 valence electrons. The van der Waals surface area contributed by atoms with Crippen LogP contribution in [0.4, 0.5) is 13.2 Å². The Bertz CT molecular complexity index is 814. The van der Waals surface area contributed by atoms with Crippen molar-refractivity contribution in [3.05, 3.63) is 65.2 Å². The lowest BCUT2D eigenvalue weighted by molar-refractivity contribution is -0.136. The van der Waals surface area contributed by atoms with Gasteiger partial charge < -0.3 is 10.1 Å². The van der Waals surface area contributed by atoms with Crippen molar-refractivity contribution < 1.29 is 22.7 Å². The van der Waals surface area contributed by atoms with Gasteiger partial charge in [0.1, 0.15) is 5.75 Å². The molecule has 2 aromatic carbocycles. The summed E-state index contributed by atoms with van der Waals surface area (Å²) >= 11 is 0. The van der Waals surface area contributed by atoms with Gasteiger partial charge in [-0.25, -0.2) is 0 Å². The molecular formula is C24H29F3N2O2. The second-order valence-electron chi connectivity index (χ2n) is 7.90. The predicted octanol–water partition coefficient (Wildman–Crippen LogP) is 4.98. The zero-order valence-corrected chi connectivity index (χ0v) is 17.6. The Hall–Kier alpha value is -2.54. The van der Waals surface area contributed by atoms with Crippen LogP contribution < -0.4 is 10.1 Å². The highest BCUT2D eigenvalue weighted by molar-refractivity contribution is 5.94. The van der Waals surface area contributed by atoms with Crippen LogP contribution in [0, 0.1) is 0 Å². The first kappa shape index (κ1) is 23.1. The molecule has 0 aliphatic carbocycles. The first-order chi connectivity index (χ1) is 14.9. The molecule has 0 radical (unpaired) electrons. The summed E-state index contributed by atoms with van der Waals surface area (Å²) in [6.07, 6.45) is -1.80. The number of amides is 1. The molecule has 1 aliphatic heterocycles. The standard InChI is InChI=1S/C24H29F3N2O2/c25-24(26,27)13-3-17-31-22-10-8-21(9-11-22)23(30)28-14-12-19-4-6-20(7-5-19)18-29-15-1-2-16-29/h4-11H,1-3,12-18H2,(H,28,30). The van der Waals surface area contributed by atoms with E-state index < -0.39 is 12.6 Å². The van der Waals surface area contributed by atoms with Crippen LogP contribution >= 0.6 is 0 Å². The third-order valence-corrected chi connectivity index (χ3v) is 5.32. The van der Waals surface area contributed by atoms with Gasteiger partial charge in [0, 0.05) is 25.1 Å². The second-order valence-corrected chi connectivity index (χ2v) is 7.90. The first-order valence-corrected chi connectivity index (χ1v) is 10.8. The van der Waals surface area contributed by atoms with E-state index in [1.165, 1.54) is 37.1 Å². The van der Waals surface area contributed by atoms with E-state index in [2.05, 4.69) is 34.5 Å².